The summed E-state index contributed by atoms with van der Waals surface area (Å²) >= 11 is 0. The lowest BCUT2D eigenvalue weighted by Gasteiger charge is -2.21. The summed E-state index contributed by atoms with van der Waals surface area (Å²) in [7, 11) is 0. The van der Waals surface area contributed by atoms with E-state index in [0.29, 0.717) is 6.04 Å². The van der Waals surface area contributed by atoms with Gasteiger partial charge < -0.3 is 0 Å². The first-order valence-corrected chi connectivity index (χ1v) is 6.85. The van der Waals surface area contributed by atoms with Crippen LogP contribution in [0.1, 0.15) is 38.2 Å². The molecule has 1 atom stereocenters. The van der Waals surface area contributed by atoms with Crippen molar-refractivity contribution in [2.45, 2.75) is 45.2 Å². The van der Waals surface area contributed by atoms with E-state index in [2.05, 4.69) is 54.3 Å². The Morgan fingerprint density at radius 3 is 2.88 bits per heavy atom. The maximum Gasteiger partial charge on any atom is 0.0282 e. The molecule has 0 aromatic heterocycles. The average Bonchev–Trinajstić information content (AvgIpc) is 2.79. The highest BCUT2D eigenvalue weighted by atomic mass is 15.2. The van der Waals surface area contributed by atoms with Gasteiger partial charge in [-0.3, -0.25) is 4.90 Å². The van der Waals surface area contributed by atoms with E-state index in [1.165, 1.54) is 37.8 Å². The SMILES string of the molecule is CCC/C=C/C1CCCN1Cc1ccccc1. The van der Waals surface area contributed by atoms with Crippen LogP contribution >= 0.6 is 0 Å². The molecule has 0 N–H and O–H groups in total. The smallest absolute Gasteiger partial charge is 0.0282 e. The van der Waals surface area contributed by atoms with Gasteiger partial charge in [0.1, 0.15) is 0 Å². The number of hydrogen-bond donors (Lipinski definition) is 0. The Morgan fingerprint density at radius 2 is 2.12 bits per heavy atom. The Labute approximate surface area is 105 Å². The first kappa shape index (κ1) is 12.4. The summed E-state index contributed by atoms with van der Waals surface area (Å²) in [4.78, 5) is 2.60. The third kappa shape index (κ3) is 3.71. The zero-order chi connectivity index (χ0) is 11.9. The molecule has 1 nitrogen and oxygen atoms in total. The maximum atomic E-state index is 2.60. The zero-order valence-corrected chi connectivity index (χ0v) is 10.8. The largest absolute Gasteiger partial charge is 0.293 e. The van der Waals surface area contributed by atoms with E-state index in [1.807, 2.05) is 0 Å². The van der Waals surface area contributed by atoms with Gasteiger partial charge in [0.05, 0.1) is 0 Å². The summed E-state index contributed by atoms with van der Waals surface area (Å²) in [5.74, 6) is 0. The van der Waals surface area contributed by atoms with Crippen molar-refractivity contribution in [2.75, 3.05) is 6.54 Å². The Balaban J connectivity index is 1.91. The fourth-order valence-electron chi connectivity index (χ4n) is 2.50. The molecule has 2 rings (SSSR count). The summed E-state index contributed by atoms with van der Waals surface area (Å²) in [6.45, 7) is 4.58. The fraction of sp³-hybridized carbons (Fsp3) is 0.500. The molecule has 1 heterocycles. The van der Waals surface area contributed by atoms with Crippen LogP contribution < -0.4 is 0 Å². The summed E-state index contributed by atoms with van der Waals surface area (Å²) in [5, 5.41) is 0. The molecule has 0 bridgehead atoms. The van der Waals surface area contributed by atoms with Crippen LogP contribution in [0, 0.1) is 0 Å². The Hall–Kier alpha value is -1.08. The molecule has 0 radical (unpaired) electrons. The van der Waals surface area contributed by atoms with Crippen molar-refractivity contribution in [2.24, 2.45) is 0 Å². The summed E-state index contributed by atoms with van der Waals surface area (Å²) in [6.07, 6.45) is 9.91. The van der Waals surface area contributed by atoms with Crippen LogP contribution in [0.3, 0.4) is 0 Å². The van der Waals surface area contributed by atoms with Gasteiger partial charge in [0, 0.05) is 12.6 Å². The average molecular weight is 229 g/mol. The minimum Gasteiger partial charge on any atom is -0.293 e. The van der Waals surface area contributed by atoms with Gasteiger partial charge in [-0.1, -0.05) is 55.8 Å². The molecule has 1 saturated heterocycles. The first-order chi connectivity index (χ1) is 8.40. The second kappa shape index (κ2) is 6.61. The molecule has 17 heavy (non-hydrogen) atoms. The lowest BCUT2D eigenvalue weighted by molar-refractivity contribution is 0.281. The van der Waals surface area contributed by atoms with Crippen LogP contribution in [-0.4, -0.2) is 17.5 Å². The molecule has 1 aromatic carbocycles. The predicted molar refractivity (Wildman–Crippen MR) is 73.9 cm³/mol. The first-order valence-electron chi connectivity index (χ1n) is 6.85. The number of rotatable bonds is 5. The number of benzene rings is 1. The Kier molecular flexibility index (Phi) is 4.81. The molecule has 92 valence electrons. The van der Waals surface area contributed by atoms with E-state index in [1.54, 1.807) is 0 Å². The highest BCUT2D eigenvalue weighted by Gasteiger charge is 2.21. The number of unbranched alkanes of at least 4 members (excludes halogenated alkanes) is 1. The van der Waals surface area contributed by atoms with Crippen molar-refractivity contribution in [1.29, 1.82) is 0 Å². The van der Waals surface area contributed by atoms with Gasteiger partial charge in [-0.05, 0) is 31.4 Å². The molecule has 0 amide bonds. The lowest BCUT2D eigenvalue weighted by Crippen LogP contribution is -2.27. The van der Waals surface area contributed by atoms with E-state index in [9.17, 15) is 0 Å². The molecule has 1 unspecified atom stereocenters. The highest BCUT2D eigenvalue weighted by Crippen LogP contribution is 2.21. The van der Waals surface area contributed by atoms with Gasteiger partial charge in [0.25, 0.3) is 0 Å². The minimum atomic E-state index is 0.668. The number of allylic oxidation sites excluding steroid dienone is 1. The monoisotopic (exact) mass is 229 g/mol. The standard InChI is InChI=1S/C16H23N/c1-2-3-5-11-16-12-8-13-17(16)14-15-9-6-4-7-10-15/h4-7,9-11,16H,2-3,8,12-14H2,1H3/b11-5+. The van der Waals surface area contributed by atoms with Crippen molar-refractivity contribution < 1.29 is 0 Å². The van der Waals surface area contributed by atoms with Gasteiger partial charge in [-0.15, -0.1) is 0 Å². The minimum absolute atomic E-state index is 0.668. The van der Waals surface area contributed by atoms with Gasteiger partial charge in [0.2, 0.25) is 0 Å². The molecule has 0 aliphatic carbocycles. The van der Waals surface area contributed by atoms with Crippen molar-refractivity contribution in [3.05, 3.63) is 48.0 Å². The maximum absolute atomic E-state index is 2.60. The van der Waals surface area contributed by atoms with Crippen LogP contribution in [0.5, 0.6) is 0 Å². The zero-order valence-electron chi connectivity index (χ0n) is 10.8. The van der Waals surface area contributed by atoms with E-state index < -0.39 is 0 Å². The van der Waals surface area contributed by atoms with Crippen LogP contribution in [0.15, 0.2) is 42.5 Å². The number of hydrogen-bond acceptors (Lipinski definition) is 1. The molecule has 0 saturated carbocycles. The molecule has 1 aromatic rings. The van der Waals surface area contributed by atoms with E-state index in [0.717, 1.165) is 6.54 Å². The second-order valence-corrected chi connectivity index (χ2v) is 4.88. The molecule has 0 spiro atoms. The Bertz CT molecular complexity index is 342. The molecule has 1 fully saturated rings. The number of likely N-dealkylation sites (tertiary alicyclic amines) is 1. The number of nitrogens with zero attached hydrogens (tertiary/aromatic N) is 1. The van der Waals surface area contributed by atoms with Crippen LogP contribution in [0.2, 0.25) is 0 Å². The lowest BCUT2D eigenvalue weighted by atomic mass is 10.1. The summed E-state index contributed by atoms with van der Waals surface area (Å²) < 4.78 is 0. The third-order valence-corrected chi connectivity index (χ3v) is 3.46. The second-order valence-electron chi connectivity index (χ2n) is 4.88. The normalized spacial score (nSPS) is 21.4. The third-order valence-electron chi connectivity index (χ3n) is 3.46. The fourth-order valence-corrected chi connectivity index (χ4v) is 2.50. The van der Waals surface area contributed by atoms with Crippen molar-refractivity contribution >= 4 is 0 Å². The van der Waals surface area contributed by atoms with Crippen molar-refractivity contribution in [3.8, 4) is 0 Å². The predicted octanol–water partition coefficient (Wildman–Crippen LogP) is 4.01. The van der Waals surface area contributed by atoms with Crippen LogP contribution in [0.25, 0.3) is 0 Å². The summed E-state index contributed by atoms with van der Waals surface area (Å²) in [5.41, 5.74) is 1.43. The summed E-state index contributed by atoms with van der Waals surface area (Å²) in [6, 6.07) is 11.5. The molecule has 1 aliphatic heterocycles. The molecule has 1 heteroatoms. The van der Waals surface area contributed by atoms with Crippen molar-refractivity contribution in [1.82, 2.24) is 4.90 Å². The van der Waals surface area contributed by atoms with Crippen LogP contribution in [-0.2, 0) is 6.54 Å². The molecule has 1 aliphatic rings. The molecular formula is C16H23N. The van der Waals surface area contributed by atoms with Gasteiger partial charge in [0.15, 0.2) is 0 Å². The van der Waals surface area contributed by atoms with E-state index in [-0.39, 0.29) is 0 Å². The van der Waals surface area contributed by atoms with Gasteiger partial charge >= 0.3 is 0 Å². The Morgan fingerprint density at radius 1 is 1.29 bits per heavy atom. The molecular weight excluding hydrogens is 206 g/mol. The van der Waals surface area contributed by atoms with Crippen molar-refractivity contribution in [3.63, 3.8) is 0 Å². The van der Waals surface area contributed by atoms with Gasteiger partial charge in [-0.2, -0.15) is 0 Å². The topological polar surface area (TPSA) is 3.24 Å². The van der Waals surface area contributed by atoms with E-state index >= 15 is 0 Å². The quantitative estimate of drug-likeness (QED) is 0.690. The van der Waals surface area contributed by atoms with Gasteiger partial charge in [-0.25, -0.2) is 0 Å². The van der Waals surface area contributed by atoms with Crippen LogP contribution in [0.4, 0.5) is 0 Å². The van der Waals surface area contributed by atoms with E-state index in [4.69, 9.17) is 0 Å². The highest BCUT2D eigenvalue weighted by molar-refractivity contribution is 5.15.